The van der Waals surface area contributed by atoms with Gasteiger partial charge in [-0.15, -0.1) is 0 Å². The van der Waals surface area contributed by atoms with E-state index in [1.54, 1.807) is 0 Å². The number of carboxylic acids is 1. The molecule has 2 rings (SSSR count). The van der Waals surface area contributed by atoms with Gasteiger partial charge in [0.1, 0.15) is 5.82 Å². The van der Waals surface area contributed by atoms with Crippen LogP contribution in [0.1, 0.15) is 60.2 Å². The maximum absolute atomic E-state index is 14.0. The number of hydrogen-bond acceptors (Lipinski definition) is 3. The number of benzene rings is 1. The van der Waals surface area contributed by atoms with Crippen molar-refractivity contribution in [1.29, 1.82) is 0 Å². The monoisotopic (exact) mass is 337 g/mol. The summed E-state index contributed by atoms with van der Waals surface area (Å²) < 4.78 is 19.8. The summed E-state index contributed by atoms with van der Waals surface area (Å²) >= 11 is 0. The molecule has 1 aliphatic heterocycles. The largest absolute Gasteiger partial charge is 0.478 e. The van der Waals surface area contributed by atoms with E-state index >= 15 is 0 Å². The molecule has 0 aliphatic carbocycles. The van der Waals surface area contributed by atoms with E-state index in [1.807, 2.05) is 0 Å². The fraction of sp³-hybridized carbons (Fsp3) is 0.556. The smallest absolute Gasteiger partial charge is 0.335 e. The van der Waals surface area contributed by atoms with E-state index in [2.05, 4.69) is 19.2 Å². The van der Waals surface area contributed by atoms with Gasteiger partial charge in [-0.05, 0) is 37.0 Å². The molecule has 132 valence electrons. The minimum absolute atomic E-state index is 0.0598. The highest BCUT2D eigenvalue weighted by atomic mass is 19.1. The van der Waals surface area contributed by atoms with E-state index in [-0.39, 0.29) is 23.3 Å². The highest BCUT2D eigenvalue weighted by Crippen LogP contribution is 2.25. The third-order valence-corrected chi connectivity index (χ3v) is 4.69. The maximum Gasteiger partial charge on any atom is 0.335 e. The van der Waals surface area contributed by atoms with Crippen LogP contribution in [0.3, 0.4) is 0 Å². The Labute approximate surface area is 141 Å². The van der Waals surface area contributed by atoms with Gasteiger partial charge in [-0.2, -0.15) is 0 Å². The number of rotatable bonds is 6. The molecule has 1 fully saturated rings. The fourth-order valence-electron chi connectivity index (χ4n) is 3.20. The first kappa shape index (κ1) is 18.4. The summed E-state index contributed by atoms with van der Waals surface area (Å²) in [6.45, 7) is 4.82. The van der Waals surface area contributed by atoms with Gasteiger partial charge in [0.25, 0.3) is 5.91 Å². The second kappa shape index (κ2) is 8.24. The van der Waals surface area contributed by atoms with E-state index in [4.69, 9.17) is 9.84 Å². The van der Waals surface area contributed by atoms with Gasteiger partial charge in [-0.3, -0.25) is 4.79 Å². The van der Waals surface area contributed by atoms with Crippen molar-refractivity contribution in [3.63, 3.8) is 0 Å². The van der Waals surface area contributed by atoms with Gasteiger partial charge in [0.05, 0.1) is 17.2 Å². The van der Waals surface area contributed by atoms with Gasteiger partial charge in [0, 0.05) is 12.6 Å². The summed E-state index contributed by atoms with van der Waals surface area (Å²) in [6.07, 6.45) is 3.56. The molecule has 1 amide bonds. The first-order valence-corrected chi connectivity index (χ1v) is 8.41. The number of carbonyl (C=O) groups excluding carboxylic acids is 1. The average molecular weight is 337 g/mol. The summed E-state index contributed by atoms with van der Waals surface area (Å²) in [4.78, 5) is 23.1. The second-order valence-electron chi connectivity index (χ2n) is 6.18. The third kappa shape index (κ3) is 4.32. The number of aromatic carboxylic acids is 1. The van der Waals surface area contributed by atoms with Crippen LogP contribution in [0.25, 0.3) is 0 Å². The van der Waals surface area contributed by atoms with Crippen LogP contribution in [0.5, 0.6) is 0 Å². The molecule has 2 atom stereocenters. The standard InChI is InChI=1S/C18H24FNO4/c1-3-11(4-2)16-10-13(7-8-24-16)20-17(21)14-6-5-12(18(22)23)9-15(14)19/h5-6,9,11,13,16H,3-4,7-8,10H2,1-2H3,(H,20,21)(H,22,23)/t13-,16+/m1/s1. The molecule has 0 spiro atoms. The molecule has 0 radical (unpaired) electrons. The molecule has 24 heavy (non-hydrogen) atoms. The topological polar surface area (TPSA) is 75.6 Å². The van der Waals surface area contributed by atoms with Crippen LogP contribution in [0.15, 0.2) is 18.2 Å². The van der Waals surface area contributed by atoms with Crippen LogP contribution in [-0.2, 0) is 4.74 Å². The van der Waals surface area contributed by atoms with Crippen molar-refractivity contribution in [3.05, 3.63) is 35.1 Å². The van der Waals surface area contributed by atoms with Crippen molar-refractivity contribution in [2.24, 2.45) is 5.92 Å². The molecule has 0 unspecified atom stereocenters. The van der Waals surface area contributed by atoms with Crippen molar-refractivity contribution in [2.45, 2.75) is 51.7 Å². The van der Waals surface area contributed by atoms with Crippen molar-refractivity contribution in [2.75, 3.05) is 6.61 Å². The van der Waals surface area contributed by atoms with Gasteiger partial charge in [-0.1, -0.05) is 26.7 Å². The normalized spacial score (nSPS) is 20.8. The molecule has 5 nitrogen and oxygen atoms in total. The van der Waals surface area contributed by atoms with Crippen LogP contribution in [0.2, 0.25) is 0 Å². The molecule has 2 N–H and O–H groups in total. The number of ether oxygens (including phenoxy) is 1. The first-order valence-electron chi connectivity index (χ1n) is 8.41. The van der Waals surface area contributed by atoms with Gasteiger partial charge in [-0.25, -0.2) is 9.18 Å². The number of hydrogen-bond donors (Lipinski definition) is 2. The minimum Gasteiger partial charge on any atom is -0.478 e. The predicted octanol–water partition coefficient (Wildman–Crippen LogP) is 3.24. The third-order valence-electron chi connectivity index (χ3n) is 4.69. The van der Waals surface area contributed by atoms with E-state index in [9.17, 15) is 14.0 Å². The molecular weight excluding hydrogens is 313 g/mol. The van der Waals surface area contributed by atoms with Gasteiger partial charge in [0.2, 0.25) is 0 Å². The first-order chi connectivity index (χ1) is 11.5. The molecule has 6 heteroatoms. The number of amides is 1. The lowest BCUT2D eigenvalue weighted by atomic mass is 9.89. The van der Waals surface area contributed by atoms with Crippen LogP contribution >= 0.6 is 0 Å². The van der Waals surface area contributed by atoms with Crippen molar-refractivity contribution < 1.29 is 23.8 Å². The fourth-order valence-corrected chi connectivity index (χ4v) is 3.20. The molecule has 1 aliphatic rings. The highest BCUT2D eigenvalue weighted by molar-refractivity contribution is 5.96. The summed E-state index contributed by atoms with van der Waals surface area (Å²) in [5, 5.41) is 11.7. The lowest BCUT2D eigenvalue weighted by Crippen LogP contribution is -2.44. The van der Waals surface area contributed by atoms with Crippen LogP contribution in [0.4, 0.5) is 4.39 Å². The number of carboxylic acid groups (broad SMARTS) is 1. The predicted molar refractivity (Wildman–Crippen MR) is 87.7 cm³/mol. The van der Waals surface area contributed by atoms with E-state index in [0.29, 0.717) is 25.4 Å². The Kier molecular flexibility index (Phi) is 6.31. The molecule has 1 aromatic carbocycles. The second-order valence-corrected chi connectivity index (χ2v) is 6.18. The number of halogens is 1. The lowest BCUT2D eigenvalue weighted by Gasteiger charge is -2.34. The molecule has 1 heterocycles. The Balaban J connectivity index is 2.02. The zero-order chi connectivity index (χ0) is 17.7. The zero-order valence-corrected chi connectivity index (χ0v) is 14.0. The Morgan fingerprint density at radius 1 is 1.38 bits per heavy atom. The van der Waals surface area contributed by atoms with Crippen molar-refractivity contribution in [3.8, 4) is 0 Å². The minimum atomic E-state index is -1.22. The summed E-state index contributed by atoms with van der Waals surface area (Å²) in [6, 6.07) is 3.26. The highest BCUT2D eigenvalue weighted by Gasteiger charge is 2.29. The molecular formula is C18H24FNO4. The average Bonchev–Trinajstić information content (AvgIpc) is 2.56. The summed E-state index contributed by atoms with van der Waals surface area (Å²) in [5.41, 5.74) is -0.311. The Hall–Kier alpha value is -1.95. The number of carbonyl (C=O) groups is 2. The van der Waals surface area contributed by atoms with Crippen molar-refractivity contribution >= 4 is 11.9 Å². The summed E-state index contributed by atoms with van der Waals surface area (Å²) in [5.74, 6) is -2.11. The van der Waals surface area contributed by atoms with E-state index in [0.717, 1.165) is 18.9 Å². The maximum atomic E-state index is 14.0. The number of nitrogens with one attached hydrogen (secondary N) is 1. The molecule has 0 saturated carbocycles. The Morgan fingerprint density at radius 2 is 2.08 bits per heavy atom. The summed E-state index contributed by atoms with van der Waals surface area (Å²) in [7, 11) is 0. The van der Waals surface area contributed by atoms with Gasteiger partial charge < -0.3 is 15.2 Å². The van der Waals surface area contributed by atoms with Crippen LogP contribution in [-0.4, -0.2) is 35.7 Å². The molecule has 0 aromatic heterocycles. The van der Waals surface area contributed by atoms with E-state index in [1.165, 1.54) is 12.1 Å². The van der Waals surface area contributed by atoms with Crippen LogP contribution in [0, 0.1) is 11.7 Å². The quantitative estimate of drug-likeness (QED) is 0.835. The SMILES string of the molecule is CCC(CC)[C@@H]1C[C@H](NC(=O)c2ccc(C(=O)O)cc2F)CCO1. The van der Waals surface area contributed by atoms with Crippen LogP contribution < -0.4 is 5.32 Å². The lowest BCUT2D eigenvalue weighted by molar-refractivity contribution is -0.0337. The molecule has 1 saturated heterocycles. The zero-order valence-electron chi connectivity index (χ0n) is 14.0. The van der Waals surface area contributed by atoms with Gasteiger partial charge >= 0.3 is 5.97 Å². The Morgan fingerprint density at radius 3 is 2.67 bits per heavy atom. The van der Waals surface area contributed by atoms with E-state index < -0.39 is 17.7 Å². The molecule has 1 aromatic rings. The Bertz CT molecular complexity index is 601. The van der Waals surface area contributed by atoms with Gasteiger partial charge in [0.15, 0.2) is 0 Å². The van der Waals surface area contributed by atoms with Crippen molar-refractivity contribution in [1.82, 2.24) is 5.32 Å². The molecule has 0 bridgehead atoms.